The Bertz CT molecular complexity index is 468. The molecule has 2 nitrogen and oxygen atoms in total. The third-order valence-electron chi connectivity index (χ3n) is 4.95. The summed E-state index contributed by atoms with van der Waals surface area (Å²) >= 11 is 2.06. The van der Waals surface area contributed by atoms with Crippen LogP contribution in [0.5, 0.6) is 0 Å². The van der Waals surface area contributed by atoms with Gasteiger partial charge in [0.05, 0.1) is 0 Å². The van der Waals surface area contributed by atoms with Crippen molar-refractivity contribution in [3.8, 4) is 0 Å². The zero-order valence-electron chi connectivity index (χ0n) is 14.1. The fraction of sp³-hybridized carbons (Fsp3) is 0.737. The first-order valence-electron chi connectivity index (χ1n) is 9.09. The van der Waals surface area contributed by atoms with Crippen molar-refractivity contribution in [2.24, 2.45) is 5.92 Å². The molecule has 1 aromatic heterocycles. The number of rotatable bonds is 5. The molecule has 1 saturated heterocycles. The van der Waals surface area contributed by atoms with E-state index in [2.05, 4.69) is 42.6 Å². The summed E-state index contributed by atoms with van der Waals surface area (Å²) in [6, 6.07) is 5.07. The van der Waals surface area contributed by atoms with Gasteiger partial charge >= 0.3 is 0 Å². The molecule has 22 heavy (non-hydrogen) atoms. The average molecular weight is 319 g/mol. The molecule has 2 aliphatic rings. The van der Waals surface area contributed by atoms with Crippen LogP contribution in [0, 0.1) is 5.92 Å². The van der Waals surface area contributed by atoms with Crippen LogP contribution in [-0.4, -0.2) is 28.2 Å². The predicted octanol–water partition coefficient (Wildman–Crippen LogP) is 5.30. The number of thioether (sulfide) groups is 1. The number of nitrogens with zero attached hydrogens (tertiary/aromatic N) is 2. The van der Waals surface area contributed by atoms with Crippen LogP contribution < -0.4 is 0 Å². The molecule has 2 heterocycles. The van der Waals surface area contributed by atoms with Crippen molar-refractivity contribution in [2.75, 3.05) is 13.1 Å². The maximum atomic E-state index is 4.77. The van der Waals surface area contributed by atoms with Crippen molar-refractivity contribution < 1.29 is 0 Å². The van der Waals surface area contributed by atoms with Gasteiger partial charge in [-0.3, -0.25) is 4.90 Å². The number of aromatic nitrogens is 1. The van der Waals surface area contributed by atoms with E-state index in [-0.39, 0.29) is 0 Å². The molecule has 1 aromatic rings. The van der Waals surface area contributed by atoms with Gasteiger partial charge in [-0.05, 0) is 44.2 Å². The summed E-state index contributed by atoms with van der Waals surface area (Å²) in [7, 11) is 0. The number of pyridine rings is 1. The Morgan fingerprint density at radius 3 is 2.77 bits per heavy atom. The topological polar surface area (TPSA) is 16.1 Å². The Morgan fingerprint density at radius 1 is 1.18 bits per heavy atom. The lowest BCUT2D eigenvalue weighted by Crippen LogP contribution is -2.28. The van der Waals surface area contributed by atoms with E-state index in [1.807, 2.05) is 6.20 Å². The van der Waals surface area contributed by atoms with E-state index in [4.69, 9.17) is 4.98 Å². The van der Waals surface area contributed by atoms with Gasteiger partial charge in [-0.15, -0.1) is 11.8 Å². The van der Waals surface area contributed by atoms with Gasteiger partial charge in [0.15, 0.2) is 0 Å². The van der Waals surface area contributed by atoms with Gasteiger partial charge in [0.1, 0.15) is 5.03 Å². The van der Waals surface area contributed by atoms with Crippen molar-refractivity contribution in [1.29, 1.82) is 0 Å². The second kappa shape index (κ2) is 7.83. The van der Waals surface area contributed by atoms with E-state index in [0.717, 1.165) is 11.2 Å². The van der Waals surface area contributed by atoms with Gasteiger partial charge in [0, 0.05) is 29.6 Å². The molecule has 2 fully saturated rings. The quantitative estimate of drug-likeness (QED) is 0.733. The lowest BCUT2D eigenvalue weighted by Gasteiger charge is -2.28. The van der Waals surface area contributed by atoms with Crippen LogP contribution in [0.25, 0.3) is 0 Å². The molecule has 1 atom stereocenters. The smallest absolute Gasteiger partial charge is 0.101 e. The van der Waals surface area contributed by atoms with Gasteiger partial charge in [-0.25, -0.2) is 4.98 Å². The fourth-order valence-electron chi connectivity index (χ4n) is 3.96. The van der Waals surface area contributed by atoms with Crippen molar-refractivity contribution in [1.82, 2.24) is 9.88 Å². The third kappa shape index (κ3) is 4.05. The minimum absolute atomic E-state index is 0.599. The molecular weight excluding hydrogens is 288 g/mol. The van der Waals surface area contributed by atoms with Crippen molar-refractivity contribution >= 4 is 11.8 Å². The molecule has 122 valence electrons. The highest BCUT2D eigenvalue weighted by molar-refractivity contribution is 7.99. The van der Waals surface area contributed by atoms with E-state index in [0.29, 0.717) is 6.04 Å². The van der Waals surface area contributed by atoms with Gasteiger partial charge in [0.25, 0.3) is 0 Å². The summed E-state index contributed by atoms with van der Waals surface area (Å²) in [5.74, 6) is 0.742. The van der Waals surface area contributed by atoms with Crippen molar-refractivity contribution in [2.45, 2.75) is 75.1 Å². The van der Waals surface area contributed by atoms with Gasteiger partial charge < -0.3 is 0 Å². The minimum atomic E-state index is 0.599. The molecular formula is C19H30N2S. The van der Waals surface area contributed by atoms with Crippen LogP contribution in [0.4, 0.5) is 0 Å². The van der Waals surface area contributed by atoms with Crippen LogP contribution in [0.1, 0.15) is 70.4 Å². The van der Waals surface area contributed by atoms with Gasteiger partial charge in [0.2, 0.25) is 0 Å². The normalized spacial score (nSPS) is 24.2. The fourth-order valence-corrected chi connectivity index (χ4v) is 5.31. The molecule has 1 saturated carbocycles. The summed E-state index contributed by atoms with van der Waals surface area (Å²) in [6.45, 7) is 7.13. The largest absolute Gasteiger partial charge is 0.296 e. The molecule has 3 heteroatoms. The molecule has 0 spiro atoms. The summed E-state index contributed by atoms with van der Waals surface area (Å²) in [4.78, 5) is 7.45. The molecule has 0 bridgehead atoms. The highest BCUT2D eigenvalue weighted by Crippen LogP contribution is 2.40. The molecule has 0 aromatic carbocycles. The van der Waals surface area contributed by atoms with Gasteiger partial charge in [-0.1, -0.05) is 39.2 Å². The second-order valence-corrected chi connectivity index (χ2v) is 8.61. The van der Waals surface area contributed by atoms with Crippen LogP contribution in [-0.2, 0) is 0 Å². The van der Waals surface area contributed by atoms with Crippen molar-refractivity contribution in [3.63, 3.8) is 0 Å². The zero-order valence-corrected chi connectivity index (χ0v) is 14.9. The number of likely N-dealkylation sites (tertiary alicyclic amines) is 1. The summed E-state index contributed by atoms with van der Waals surface area (Å²) in [6.07, 6.45) is 11.6. The molecule has 1 unspecified atom stereocenters. The third-order valence-corrected chi connectivity index (χ3v) is 6.32. The zero-order chi connectivity index (χ0) is 15.4. The van der Waals surface area contributed by atoms with Crippen molar-refractivity contribution in [3.05, 3.63) is 23.9 Å². The monoisotopic (exact) mass is 318 g/mol. The van der Waals surface area contributed by atoms with E-state index in [1.54, 1.807) is 0 Å². The molecule has 1 aliphatic heterocycles. The Labute approximate surface area is 140 Å². The minimum Gasteiger partial charge on any atom is -0.296 e. The molecule has 0 N–H and O–H groups in total. The maximum absolute atomic E-state index is 4.77. The Kier molecular flexibility index (Phi) is 5.81. The lowest BCUT2D eigenvalue weighted by atomic mass is 10.0. The van der Waals surface area contributed by atoms with Crippen LogP contribution in [0.15, 0.2) is 23.4 Å². The molecule has 0 amide bonds. The Morgan fingerprint density at radius 2 is 2.00 bits per heavy atom. The predicted molar refractivity (Wildman–Crippen MR) is 95.4 cm³/mol. The van der Waals surface area contributed by atoms with E-state index >= 15 is 0 Å². The highest BCUT2D eigenvalue weighted by atomic mass is 32.2. The maximum Gasteiger partial charge on any atom is 0.101 e. The SMILES string of the molecule is CC(C)CN1CCCC1c1cccnc1SC1CCCCC1. The molecule has 3 rings (SSSR count). The first-order valence-corrected chi connectivity index (χ1v) is 9.97. The van der Waals surface area contributed by atoms with Gasteiger partial charge in [-0.2, -0.15) is 0 Å². The van der Waals surface area contributed by atoms with E-state index in [1.165, 1.54) is 68.6 Å². The summed E-state index contributed by atoms with van der Waals surface area (Å²) < 4.78 is 0. The average Bonchev–Trinajstić information content (AvgIpc) is 2.96. The Hall–Kier alpha value is -0.540. The van der Waals surface area contributed by atoms with Crippen LogP contribution in [0.3, 0.4) is 0 Å². The van der Waals surface area contributed by atoms with E-state index < -0.39 is 0 Å². The van der Waals surface area contributed by atoms with Crippen LogP contribution >= 0.6 is 11.8 Å². The second-order valence-electron chi connectivity index (χ2n) is 7.32. The van der Waals surface area contributed by atoms with Crippen LogP contribution in [0.2, 0.25) is 0 Å². The lowest BCUT2D eigenvalue weighted by molar-refractivity contribution is 0.226. The number of hydrogen-bond acceptors (Lipinski definition) is 3. The molecule has 0 radical (unpaired) electrons. The standard InChI is InChI=1S/C19H30N2S/c1-15(2)14-21-13-7-11-18(21)17-10-6-12-20-19(17)22-16-8-4-3-5-9-16/h6,10,12,15-16,18H,3-5,7-9,11,13-14H2,1-2H3. The summed E-state index contributed by atoms with van der Waals surface area (Å²) in [5.41, 5.74) is 1.50. The first-order chi connectivity index (χ1) is 10.7. The molecule has 1 aliphatic carbocycles. The number of hydrogen-bond donors (Lipinski definition) is 0. The van der Waals surface area contributed by atoms with E-state index in [9.17, 15) is 0 Å². The summed E-state index contributed by atoms with van der Waals surface area (Å²) in [5, 5.41) is 2.11. The Balaban J connectivity index is 1.75. The highest BCUT2D eigenvalue weighted by Gasteiger charge is 2.29. The first kappa shape index (κ1) is 16.3.